The average molecular weight is 255 g/mol. The van der Waals surface area contributed by atoms with Gasteiger partial charge < -0.3 is 0 Å². The zero-order valence-corrected chi connectivity index (χ0v) is 9.63. The van der Waals surface area contributed by atoms with E-state index >= 15 is 0 Å². The Kier molecular flexibility index (Phi) is 4.87. The van der Waals surface area contributed by atoms with Crippen molar-refractivity contribution in [2.45, 2.75) is 18.9 Å². The van der Waals surface area contributed by atoms with E-state index in [2.05, 4.69) is 40.1 Å². The summed E-state index contributed by atoms with van der Waals surface area (Å²) >= 11 is 3.44. The largest absolute Gasteiger partial charge is 0.271 e. The summed E-state index contributed by atoms with van der Waals surface area (Å²) in [6, 6.07) is 8.51. The van der Waals surface area contributed by atoms with Gasteiger partial charge in [0.25, 0.3) is 0 Å². The van der Waals surface area contributed by atoms with Crippen LogP contribution < -0.4 is 11.3 Å². The van der Waals surface area contributed by atoms with Crippen LogP contribution in [0.15, 0.2) is 41.4 Å². The van der Waals surface area contributed by atoms with Gasteiger partial charge in [-0.15, -0.1) is 6.58 Å². The first-order valence-corrected chi connectivity index (χ1v) is 5.37. The summed E-state index contributed by atoms with van der Waals surface area (Å²) in [5.74, 6) is 5.44. The highest BCUT2D eigenvalue weighted by Gasteiger charge is 2.05. The van der Waals surface area contributed by atoms with Crippen LogP contribution in [-0.2, 0) is 6.42 Å². The van der Waals surface area contributed by atoms with Gasteiger partial charge in [0.15, 0.2) is 0 Å². The van der Waals surface area contributed by atoms with Crippen molar-refractivity contribution in [2.24, 2.45) is 5.84 Å². The number of benzene rings is 1. The molecular formula is C11H15BrN2. The molecule has 3 heteroatoms. The van der Waals surface area contributed by atoms with Crippen molar-refractivity contribution in [1.82, 2.24) is 5.43 Å². The highest BCUT2D eigenvalue weighted by molar-refractivity contribution is 9.10. The molecular weight excluding hydrogens is 240 g/mol. The molecule has 1 aromatic rings. The van der Waals surface area contributed by atoms with E-state index in [1.54, 1.807) is 0 Å². The molecule has 0 radical (unpaired) electrons. The maximum absolute atomic E-state index is 5.44. The van der Waals surface area contributed by atoms with E-state index in [0.717, 1.165) is 17.3 Å². The minimum atomic E-state index is 0.266. The Morgan fingerprint density at radius 2 is 2.36 bits per heavy atom. The van der Waals surface area contributed by atoms with Gasteiger partial charge in [0.2, 0.25) is 0 Å². The van der Waals surface area contributed by atoms with E-state index in [-0.39, 0.29) is 6.04 Å². The third-order valence-corrected chi connectivity index (χ3v) is 2.55. The Morgan fingerprint density at radius 1 is 1.57 bits per heavy atom. The lowest BCUT2D eigenvalue weighted by atomic mass is 10.0. The second-order valence-electron chi connectivity index (χ2n) is 3.22. The maximum atomic E-state index is 5.44. The molecule has 0 aliphatic rings. The van der Waals surface area contributed by atoms with Crippen LogP contribution in [0.1, 0.15) is 12.0 Å². The van der Waals surface area contributed by atoms with Crippen LogP contribution in [0.5, 0.6) is 0 Å². The zero-order chi connectivity index (χ0) is 10.4. The van der Waals surface area contributed by atoms with Crippen LogP contribution in [0.4, 0.5) is 0 Å². The summed E-state index contributed by atoms with van der Waals surface area (Å²) in [5, 5.41) is 0. The van der Waals surface area contributed by atoms with Crippen LogP contribution >= 0.6 is 15.9 Å². The molecule has 3 N–H and O–H groups in total. The molecule has 0 saturated heterocycles. The Bertz CT molecular complexity index is 299. The van der Waals surface area contributed by atoms with Gasteiger partial charge >= 0.3 is 0 Å². The quantitative estimate of drug-likeness (QED) is 0.481. The van der Waals surface area contributed by atoms with Crippen molar-refractivity contribution in [3.63, 3.8) is 0 Å². The van der Waals surface area contributed by atoms with Crippen LogP contribution in [-0.4, -0.2) is 6.04 Å². The summed E-state index contributed by atoms with van der Waals surface area (Å²) in [7, 11) is 0. The van der Waals surface area contributed by atoms with Crippen molar-refractivity contribution >= 4 is 15.9 Å². The Hall–Kier alpha value is -0.640. The Labute approximate surface area is 93.3 Å². The molecule has 0 spiro atoms. The molecule has 0 heterocycles. The molecule has 1 unspecified atom stereocenters. The highest BCUT2D eigenvalue weighted by atomic mass is 79.9. The lowest BCUT2D eigenvalue weighted by molar-refractivity contribution is 0.531. The molecule has 0 bridgehead atoms. The normalized spacial score (nSPS) is 12.4. The Balaban J connectivity index is 2.61. The van der Waals surface area contributed by atoms with Gasteiger partial charge in [-0.05, 0) is 30.5 Å². The van der Waals surface area contributed by atoms with Gasteiger partial charge in [-0.25, -0.2) is 0 Å². The predicted octanol–water partition coefficient (Wildman–Crippen LogP) is 2.40. The minimum Gasteiger partial charge on any atom is -0.271 e. The number of nitrogens with one attached hydrogen (secondary N) is 1. The van der Waals surface area contributed by atoms with Gasteiger partial charge in [0, 0.05) is 10.5 Å². The second kappa shape index (κ2) is 5.96. The fraction of sp³-hybridized carbons (Fsp3) is 0.273. The monoisotopic (exact) mass is 254 g/mol. The molecule has 1 rings (SSSR count). The van der Waals surface area contributed by atoms with E-state index in [9.17, 15) is 0 Å². The van der Waals surface area contributed by atoms with E-state index in [4.69, 9.17) is 5.84 Å². The minimum absolute atomic E-state index is 0.266. The van der Waals surface area contributed by atoms with E-state index < -0.39 is 0 Å². The van der Waals surface area contributed by atoms with Gasteiger partial charge in [0.05, 0.1) is 0 Å². The standard InChI is InChI=1S/C11H15BrN2/c1-2-4-11(14-13)8-9-5-3-6-10(12)7-9/h2-3,5-7,11,14H,1,4,8,13H2. The third-order valence-electron chi connectivity index (χ3n) is 2.06. The van der Waals surface area contributed by atoms with Gasteiger partial charge in [-0.1, -0.05) is 34.1 Å². The molecule has 1 atom stereocenters. The second-order valence-corrected chi connectivity index (χ2v) is 4.14. The van der Waals surface area contributed by atoms with Crippen LogP contribution in [0.3, 0.4) is 0 Å². The smallest absolute Gasteiger partial charge is 0.0285 e. The zero-order valence-electron chi connectivity index (χ0n) is 8.04. The molecule has 0 aromatic heterocycles. The molecule has 14 heavy (non-hydrogen) atoms. The fourth-order valence-electron chi connectivity index (χ4n) is 1.36. The lowest BCUT2D eigenvalue weighted by Gasteiger charge is -2.13. The molecule has 2 nitrogen and oxygen atoms in total. The third kappa shape index (κ3) is 3.62. The number of hydrogen-bond acceptors (Lipinski definition) is 2. The van der Waals surface area contributed by atoms with Crippen molar-refractivity contribution in [2.75, 3.05) is 0 Å². The van der Waals surface area contributed by atoms with E-state index in [0.29, 0.717) is 0 Å². The number of nitrogens with two attached hydrogens (primary N) is 1. The SMILES string of the molecule is C=CCC(Cc1cccc(Br)c1)NN. The molecule has 0 fully saturated rings. The van der Waals surface area contributed by atoms with Crippen LogP contribution in [0.2, 0.25) is 0 Å². The molecule has 1 aromatic carbocycles. The summed E-state index contributed by atoms with van der Waals surface area (Å²) in [5.41, 5.74) is 4.05. The van der Waals surface area contributed by atoms with E-state index in [1.165, 1.54) is 5.56 Å². The summed E-state index contributed by atoms with van der Waals surface area (Å²) in [4.78, 5) is 0. The number of hydrazine groups is 1. The van der Waals surface area contributed by atoms with Gasteiger partial charge in [-0.2, -0.15) is 0 Å². The first kappa shape index (κ1) is 11.4. The lowest BCUT2D eigenvalue weighted by Crippen LogP contribution is -2.36. The van der Waals surface area contributed by atoms with Crippen LogP contribution in [0, 0.1) is 0 Å². The maximum Gasteiger partial charge on any atom is 0.0285 e. The Morgan fingerprint density at radius 3 is 2.93 bits per heavy atom. The molecule has 0 amide bonds. The average Bonchev–Trinajstić information content (AvgIpc) is 2.17. The van der Waals surface area contributed by atoms with Crippen molar-refractivity contribution in [1.29, 1.82) is 0 Å². The van der Waals surface area contributed by atoms with Crippen LogP contribution in [0.25, 0.3) is 0 Å². The van der Waals surface area contributed by atoms with Crippen molar-refractivity contribution in [3.05, 3.63) is 47.0 Å². The fourth-order valence-corrected chi connectivity index (χ4v) is 1.81. The topological polar surface area (TPSA) is 38.0 Å². The first-order valence-electron chi connectivity index (χ1n) is 4.57. The molecule has 76 valence electrons. The first-order chi connectivity index (χ1) is 6.76. The predicted molar refractivity (Wildman–Crippen MR) is 63.8 cm³/mol. The van der Waals surface area contributed by atoms with Crippen molar-refractivity contribution < 1.29 is 0 Å². The molecule has 0 aliphatic heterocycles. The molecule has 0 saturated carbocycles. The summed E-state index contributed by atoms with van der Waals surface area (Å²) in [6.07, 6.45) is 3.67. The van der Waals surface area contributed by atoms with Crippen molar-refractivity contribution in [3.8, 4) is 0 Å². The number of hydrogen-bond donors (Lipinski definition) is 2. The van der Waals surface area contributed by atoms with Gasteiger partial charge in [0.1, 0.15) is 0 Å². The van der Waals surface area contributed by atoms with Gasteiger partial charge in [-0.3, -0.25) is 11.3 Å². The number of halogens is 1. The summed E-state index contributed by atoms with van der Waals surface area (Å²) in [6.45, 7) is 3.70. The summed E-state index contributed by atoms with van der Waals surface area (Å²) < 4.78 is 1.10. The molecule has 0 aliphatic carbocycles. The highest BCUT2D eigenvalue weighted by Crippen LogP contribution is 2.13. The number of rotatable bonds is 5. The van der Waals surface area contributed by atoms with E-state index in [1.807, 2.05) is 18.2 Å².